The first-order chi connectivity index (χ1) is 15.0. The third kappa shape index (κ3) is 5.02. The molecule has 2 unspecified atom stereocenters. The Morgan fingerprint density at radius 1 is 1.23 bits per heavy atom. The molecule has 3 aliphatic heterocycles. The van der Waals surface area contributed by atoms with Crippen molar-refractivity contribution in [1.29, 1.82) is 0 Å². The number of aliphatic imine (C=N–C) groups is 1. The van der Waals surface area contributed by atoms with Gasteiger partial charge in [0.2, 0.25) is 6.41 Å². The highest BCUT2D eigenvalue weighted by Gasteiger charge is 2.36. The Hall–Kier alpha value is -3.42. The third-order valence-corrected chi connectivity index (χ3v) is 5.62. The fourth-order valence-electron chi connectivity index (χ4n) is 3.87. The Morgan fingerprint density at radius 3 is 2.58 bits per heavy atom. The van der Waals surface area contributed by atoms with E-state index in [1.165, 1.54) is 0 Å². The minimum Gasteiger partial charge on any atom is -0.500 e. The summed E-state index contributed by atoms with van der Waals surface area (Å²) in [6.07, 6.45) is 6.01. The van der Waals surface area contributed by atoms with Gasteiger partial charge in [-0.15, -0.1) is 0 Å². The van der Waals surface area contributed by atoms with Crippen molar-refractivity contribution >= 4 is 24.3 Å². The van der Waals surface area contributed by atoms with Crippen molar-refractivity contribution in [1.82, 2.24) is 15.1 Å². The minimum atomic E-state index is -0.0751. The lowest BCUT2D eigenvalue weighted by molar-refractivity contribution is -0.121. The van der Waals surface area contributed by atoms with Crippen LogP contribution in [0.15, 0.2) is 58.9 Å². The van der Waals surface area contributed by atoms with E-state index in [0.29, 0.717) is 25.2 Å². The van der Waals surface area contributed by atoms with E-state index in [0.717, 1.165) is 17.7 Å². The van der Waals surface area contributed by atoms with Gasteiger partial charge in [-0.2, -0.15) is 0 Å². The topological polar surface area (TPSA) is 91.3 Å². The Labute approximate surface area is 182 Å². The van der Waals surface area contributed by atoms with Crippen LogP contribution in [0.4, 0.5) is 0 Å². The van der Waals surface area contributed by atoms with Crippen LogP contribution in [0.3, 0.4) is 0 Å². The second-order valence-corrected chi connectivity index (χ2v) is 7.63. The number of rotatable bonds is 4. The first kappa shape index (κ1) is 22.3. The van der Waals surface area contributed by atoms with Crippen LogP contribution in [0.2, 0.25) is 0 Å². The van der Waals surface area contributed by atoms with E-state index in [9.17, 15) is 14.4 Å². The molecule has 0 bridgehead atoms. The predicted octanol–water partition coefficient (Wildman–Crippen LogP) is 1.61. The molecular formula is C23H28N4O4. The summed E-state index contributed by atoms with van der Waals surface area (Å²) in [5, 5.41) is 3.05. The Morgan fingerprint density at radius 2 is 1.97 bits per heavy atom. The number of methoxy groups -OCH3 is 1. The Balaban J connectivity index is 0.000000179. The van der Waals surface area contributed by atoms with Crippen LogP contribution in [0.25, 0.3) is 0 Å². The number of ketones is 1. The number of hydrogen-bond acceptors (Lipinski definition) is 6. The second-order valence-electron chi connectivity index (χ2n) is 7.63. The fourth-order valence-corrected chi connectivity index (χ4v) is 3.87. The number of carbonyl (C=O) groups is 3. The number of hydrogen-bond donors (Lipinski definition) is 1. The number of Topliss-reactive ketones (excluding diaryl/α,β-unsaturated/α-hetero) is 1. The predicted molar refractivity (Wildman–Crippen MR) is 117 cm³/mol. The van der Waals surface area contributed by atoms with Crippen molar-refractivity contribution in [3.05, 3.63) is 59.5 Å². The molecule has 4 rings (SSSR count). The van der Waals surface area contributed by atoms with Crippen molar-refractivity contribution in [2.45, 2.75) is 26.1 Å². The molecular weight excluding hydrogens is 396 g/mol. The zero-order chi connectivity index (χ0) is 22.4. The maximum absolute atomic E-state index is 12.2. The summed E-state index contributed by atoms with van der Waals surface area (Å²) in [6.45, 7) is 5.34. The number of amides is 2. The first-order valence-corrected chi connectivity index (χ1v) is 10.3. The molecule has 3 atom stereocenters. The number of benzene rings is 1. The highest BCUT2D eigenvalue weighted by molar-refractivity contribution is 5.95. The van der Waals surface area contributed by atoms with Gasteiger partial charge in [-0.05, 0) is 32.1 Å². The molecule has 8 heteroatoms. The van der Waals surface area contributed by atoms with Gasteiger partial charge < -0.3 is 19.9 Å². The molecule has 1 aromatic carbocycles. The van der Waals surface area contributed by atoms with Crippen LogP contribution in [0.1, 0.15) is 24.2 Å². The Bertz CT molecular complexity index is 909. The van der Waals surface area contributed by atoms with Crippen molar-refractivity contribution in [2.75, 3.05) is 26.7 Å². The molecule has 8 nitrogen and oxygen atoms in total. The fraction of sp³-hybridized carbons (Fsp3) is 0.391. The smallest absolute Gasteiger partial charge is 0.253 e. The van der Waals surface area contributed by atoms with E-state index in [1.807, 2.05) is 37.3 Å². The molecule has 2 amide bonds. The zero-order valence-electron chi connectivity index (χ0n) is 18.0. The maximum Gasteiger partial charge on any atom is 0.253 e. The molecule has 1 fully saturated rings. The maximum atomic E-state index is 12.2. The molecule has 0 aromatic heterocycles. The lowest BCUT2D eigenvalue weighted by atomic mass is 9.93. The van der Waals surface area contributed by atoms with Gasteiger partial charge in [-0.25, -0.2) is 0 Å². The van der Waals surface area contributed by atoms with E-state index in [-0.39, 0.29) is 29.8 Å². The number of piperazine rings is 1. The summed E-state index contributed by atoms with van der Waals surface area (Å²) in [4.78, 5) is 42.0. The van der Waals surface area contributed by atoms with Crippen molar-refractivity contribution in [3.63, 3.8) is 0 Å². The van der Waals surface area contributed by atoms with E-state index in [2.05, 4.69) is 10.3 Å². The first-order valence-electron chi connectivity index (χ1n) is 10.3. The van der Waals surface area contributed by atoms with E-state index in [1.54, 1.807) is 42.3 Å². The van der Waals surface area contributed by atoms with Crippen LogP contribution in [-0.4, -0.2) is 73.1 Å². The van der Waals surface area contributed by atoms with Gasteiger partial charge in [-0.3, -0.25) is 19.4 Å². The second kappa shape index (κ2) is 10.1. The van der Waals surface area contributed by atoms with E-state index >= 15 is 0 Å². The van der Waals surface area contributed by atoms with Gasteiger partial charge in [-0.1, -0.05) is 18.2 Å². The number of fused-ring (bicyclic) bond motifs is 1. The summed E-state index contributed by atoms with van der Waals surface area (Å²) in [5.74, 6) is 0.840. The summed E-state index contributed by atoms with van der Waals surface area (Å²) < 4.78 is 5.22. The van der Waals surface area contributed by atoms with Gasteiger partial charge in [0, 0.05) is 49.2 Å². The molecule has 3 aliphatic rings. The number of nitrogens with one attached hydrogen (secondary N) is 1. The Kier molecular flexibility index (Phi) is 7.23. The SMILES string of the molecule is COC1=CC=NC2NC=C(C(C)=O)C12.C[C@@H]1CN(C(=O)c2ccccc2)CCN1C=O. The summed E-state index contributed by atoms with van der Waals surface area (Å²) in [7, 11) is 1.61. The molecule has 0 spiro atoms. The lowest BCUT2D eigenvalue weighted by Gasteiger charge is -2.37. The van der Waals surface area contributed by atoms with Crippen LogP contribution in [0.5, 0.6) is 0 Å². The zero-order valence-corrected chi connectivity index (χ0v) is 18.0. The molecule has 0 aliphatic carbocycles. The van der Waals surface area contributed by atoms with Crippen molar-refractivity contribution in [3.8, 4) is 0 Å². The molecule has 1 saturated heterocycles. The monoisotopic (exact) mass is 424 g/mol. The highest BCUT2D eigenvalue weighted by atomic mass is 16.5. The van der Waals surface area contributed by atoms with Crippen LogP contribution >= 0.6 is 0 Å². The number of ether oxygens (including phenoxy) is 1. The molecule has 0 radical (unpaired) electrons. The van der Waals surface area contributed by atoms with Gasteiger partial charge in [0.15, 0.2) is 5.78 Å². The number of dihydropyridines is 1. The molecule has 1 N–H and O–H groups in total. The lowest BCUT2D eigenvalue weighted by Crippen LogP contribution is -2.52. The summed E-state index contributed by atoms with van der Waals surface area (Å²) >= 11 is 0. The van der Waals surface area contributed by atoms with E-state index in [4.69, 9.17) is 4.74 Å². The minimum absolute atomic E-state index is 0.0444. The highest BCUT2D eigenvalue weighted by Crippen LogP contribution is 2.31. The van der Waals surface area contributed by atoms with Gasteiger partial charge in [0.05, 0.1) is 13.0 Å². The molecule has 1 aromatic rings. The number of allylic oxidation sites excluding steroid dienone is 1. The quantitative estimate of drug-likeness (QED) is 0.742. The molecule has 31 heavy (non-hydrogen) atoms. The van der Waals surface area contributed by atoms with Gasteiger partial charge in [0.25, 0.3) is 5.91 Å². The van der Waals surface area contributed by atoms with Gasteiger partial charge >= 0.3 is 0 Å². The van der Waals surface area contributed by atoms with Crippen LogP contribution in [-0.2, 0) is 14.3 Å². The summed E-state index contributed by atoms with van der Waals surface area (Å²) in [6, 6.07) is 9.34. The molecule has 164 valence electrons. The number of nitrogens with zero attached hydrogens (tertiary/aromatic N) is 3. The van der Waals surface area contributed by atoms with Crippen molar-refractivity contribution in [2.24, 2.45) is 10.9 Å². The van der Waals surface area contributed by atoms with E-state index < -0.39 is 0 Å². The van der Waals surface area contributed by atoms with Crippen LogP contribution in [0, 0.1) is 5.92 Å². The molecule has 3 heterocycles. The largest absolute Gasteiger partial charge is 0.500 e. The number of carbonyl (C=O) groups excluding carboxylic acids is 3. The standard InChI is InChI=1S/C13H16N2O2.C10H12N2O2/c1-11-9-14(7-8-15(11)10-16)13(17)12-5-3-2-4-6-12;1-6(13)7-5-12-10-9(7)8(14-2)3-4-11-10/h2-6,10-11H,7-9H2,1H3;3-5,9-10,12H,1-2H3/t11-;/m1./s1. The van der Waals surface area contributed by atoms with Crippen LogP contribution < -0.4 is 5.32 Å². The molecule has 0 saturated carbocycles. The van der Waals surface area contributed by atoms with Gasteiger partial charge in [0.1, 0.15) is 11.9 Å². The average Bonchev–Trinajstić information content (AvgIpc) is 3.24. The normalized spacial score (nSPS) is 24.0. The average molecular weight is 425 g/mol. The third-order valence-electron chi connectivity index (χ3n) is 5.62. The summed E-state index contributed by atoms with van der Waals surface area (Å²) in [5.41, 5.74) is 1.44. The van der Waals surface area contributed by atoms with Crippen molar-refractivity contribution < 1.29 is 19.1 Å².